The highest BCUT2D eigenvalue weighted by Crippen LogP contribution is 2.38. The predicted molar refractivity (Wildman–Crippen MR) is 42.8 cm³/mol. The van der Waals surface area contributed by atoms with Crippen LogP contribution in [0.2, 0.25) is 0 Å². The Balaban J connectivity index is 3.14. The monoisotopic (exact) mass is 207 g/mol. The van der Waals surface area contributed by atoms with Crippen LogP contribution < -0.4 is 5.73 Å². The van der Waals surface area contributed by atoms with E-state index in [0.717, 1.165) is 12.1 Å². The molecule has 0 aliphatic rings. The summed E-state index contributed by atoms with van der Waals surface area (Å²) in [5, 5.41) is 18.0. The van der Waals surface area contributed by atoms with Crippen molar-refractivity contribution in [3.8, 4) is 11.5 Å². The number of phenols is 2. The lowest BCUT2D eigenvalue weighted by atomic mass is 10.1. The number of alkyl halides is 3. The van der Waals surface area contributed by atoms with Crippen LogP contribution in [0, 0.1) is 0 Å². The summed E-state index contributed by atoms with van der Waals surface area (Å²) in [6, 6.07) is 0.958. The first-order valence-corrected chi connectivity index (χ1v) is 3.67. The molecule has 0 saturated carbocycles. The molecule has 6 heteroatoms. The van der Waals surface area contributed by atoms with Gasteiger partial charge in [0.25, 0.3) is 0 Å². The van der Waals surface area contributed by atoms with Crippen molar-refractivity contribution < 1.29 is 23.4 Å². The molecule has 0 aromatic heterocycles. The van der Waals surface area contributed by atoms with E-state index in [2.05, 4.69) is 0 Å². The Kier molecular flexibility index (Phi) is 2.57. The largest absolute Gasteiger partial charge is 0.504 e. The van der Waals surface area contributed by atoms with Gasteiger partial charge in [-0.15, -0.1) is 0 Å². The number of nitrogens with two attached hydrogens (primary N) is 1. The zero-order valence-corrected chi connectivity index (χ0v) is 6.92. The smallest absolute Gasteiger partial charge is 0.407 e. The Hall–Kier alpha value is -1.43. The fraction of sp³-hybridized carbons (Fsp3) is 0.250. The molecule has 1 aromatic carbocycles. The van der Waals surface area contributed by atoms with Gasteiger partial charge in [0, 0.05) is 5.56 Å². The summed E-state index contributed by atoms with van der Waals surface area (Å²) in [5.41, 5.74) is 4.30. The number of phenolic OH excluding ortho intramolecular Hbond substituents is 2. The van der Waals surface area contributed by atoms with Gasteiger partial charge in [0.2, 0.25) is 0 Å². The van der Waals surface area contributed by atoms with E-state index < -0.39 is 29.3 Å². The predicted octanol–water partition coefficient (Wildman–Crippen LogP) is 1.66. The van der Waals surface area contributed by atoms with Crippen molar-refractivity contribution in [2.24, 2.45) is 5.73 Å². The summed E-state index contributed by atoms with van der Waals surface area (Å²) in [5.74, 6) is -1.46. The minimum atomic E-state index is -4.65. The molecule has 0 fully saturated rings. The normalized spacial score (nSPS) is 14.0. The Labute approximate surface area is 77.6 Å². The molecule has 1 atom stereocenters. The SMILES string of the molecule is N[C@H](c1cccc(O)c1O)C(F)(F)F. The molecule has 14 heavy (non-hydrogen) atoms. The van der Waals surface area contributed by atoms with E-state index in [-0.39, 0.29) is 0 Å². The van der Waals surface area contributed by atoms with Crippen LogP contribution in [0.5, 0.6) is 11.5 Å². The van der Waals surface area contributed by atoms with Crippen molar-refractivity contribution in [2.45, 2.75) is 12.2 Å². The number of rotatable bonds is 1. The molecule has 3 nitrogen and oxygen atoms in total. The Morgan fingerprint density at radius 2 is 1.79 bits per heavy atom. The van der Waals surface area contributed by atoms with Gasteiger partial charge < -0.3 is 15.9 Å². The van der Waals surface area contributed by atoms with Crippen LogP contribution in [0.3, 0.4) is 0 Å². The molecule has 1 aromatic rings. The number of aromatic hydroxyl groups is 2. The van der Waals surface area contributed by atoms with E-state index in [1.54, 1.807) is 0 Å². The minimum absolute atomic E-state index is 0.544. The van der Waals surface area contributed by atoms with Crippen LogP contribution in [-0.4, -0.2) is 16.4 Å². The second-order valence-corrected chi connectivity index (χ2v) is 2.73. The van der Waals surface area contributed by atoms with Crippen molar-refractivity contribution in [3.63, 3.8) is 0 Å². The van der Waals surface area contributed by atoms with Crippen molar-refractivity contribution in [2.75, 3.05) is 0 Å². The zero-order valence-electron chi connectivity index (χ0n) is 6.92. The molecule has 0 heterocycles. The summed E-state index contributed by atoms with van der Waals surface area (Å²) < 4.78 is 36.4. The fourth-order valence-electron chi connectivity index (χ4n) is 0.976. The molecule has 0 aliphatic carbocycles. The van der Waals surface area contributed by atoms with Crippen molar-refractivity contribution in [1.29, 1.82) is 0 Å². The molecule has 0 saturated heterocycles. The molecule has 0 radical (unpaired) electrons. The lowest BCUT2D eigenvalue weighted by molar-refractivity contribution is -0.149. The average Bonchev–Trinajstić information content (AvgIpc) is 2.07. The third-order valence-corrected chi connectivity index (χ3v) is 1.73. The molecule has 1 rings (SSSR count). The zero-order chi connectivity index (χ0) is 10.9. The molecule has 78 valence electrons. The minimum Gasteiger partial charge on any atom is -0.504 e. The van der Waals surface area contributed by atoms with Gasteiger partial charge in [-0.3, -0.25) is 0 Å². The lowest BCUT2D eigenvalue weighted by Crippen LogP contribution is -2.28. The highest BCUT2D eigenvalue weighted by Gasteiger charge is 2.39. The number of benzene rings is 1. The number of hydrogen-bond donors (Lipinski definition) is 3. The average molecular weight is 207 g/mol. The summed E-state index contributed by atoms with van der Waals surface area (Å²) in [7, 11) is 0. The summed E-state index contributed by atoms with van der Waals surface area (Å²) in [6.45, 7) is 0. The second kappa shape index (κ2) is 3.38. The molecule has 0 amide bonds. The topological polar surface area (TPSA) is 66.5 Å². The third kappa shape index (κ3) is 1.90. The number of halogens is 3. The van der Waals surface area contributed by atoms with Crippen LogP contribution in [-0.2, 0) is 0 Å². The maximum absolute atomic E-state index is 12.1. The first kappa shape index (κ1) is 10.6. The highest BCUT2D eigenvalue weighted by molar-refractivity contribution is 5.46. The summed E-state index contributed by atoms with van der Waals surface area (Å²) in [6.07, 6.45) is -4.65. The molecule has 0 unspecified atom stereocenters. The molecule has 0 spiro atoms. The maximum Gasteiger partial charge on any atom is 0.407 e. The van der Waals surface area contributed by atoms with E-state index in [1.807, 2.05) is 0 Å². The standard InChI is InChI=1S/C8H8F3NO2/c9-8(10,11)7(12)4-2-1-3-5(13)6(4)14/h1-3,7,13-14H,12H2/t7-/m1/s1. The Morgan fingerprint density at radius 1 is 1.21 bits per heavy atom. The van der Waals surface area contributed by atoms with Gasteiger partial charge >= 0.3 is 6.18 Å². The van der Waals surface area contributed by atoms with Gasteiger partial charge in [-0.25, -0.2) is 0 Å². The maximum atomic E-state index is 12.1. The molecule has 4 N–H and O–H groups in total. The number of hydrogen-bond acceptors (Lipinski definition) is 3. The van der Waals surface area contributed by atoms with E-state index in [1.165, 1.54) is 6.07 Å². The highest BCUT2D eigenvalue weighted by atomic mass is 19.4. The van der Waals surface area contributed by atoms with Crippen molar-refractivity contribution in [3.05, 3.63) is 23.8 Å². The summed E-state index contributed by atoms with van der Waals surface area (Å²) >= 11 is 0. The van der Waals surface area contributed by atoms with E-state index in [0.29, 0.717) is 0 Å². The number of para-hydroxylation sites is 1. The Morgan fingerprint density at radius 3 is 2.29 bits per heavy atom. The van der Waals surface area contributed by atoms with Crippen LogP contribution in [0.25, 0.3) is 0 Å². The van der Waals surface area contributed by atoms with Gasteiger partial charge in [0.15, 0.2) is 11.5 Å². The molecular formula is C8H8F3NO2. The summed E-state index contributed by atoms with van der Waals surface area (Å²) in [4.78, 5) is 0. The fourth-order valence-corrected chi connectivity index (χ4v) is 0.976. The molecular weight excluding hydrogens is 199 g/mol. The van der Waals surface area contributed by atoms with Crippen LogP contribution >= 0.6 is 0 Å². The first-order valence-electron chi connectivity index (χ1n) is 3.67. The van der Waals surface area contributed by atoms with Gasteiger partial charge in [-0.1, -0.05) is 12.1 Å². The second-order valence-electron chi connectivity index (χ2n) is 2.73. The van der Waals surface area contributed by atoms with E-state index >= 15 is 0 Å². The molecule has 0 aliphatic heterocycles. The van der Waals surface area contributed by atoms with Crippen molar-refractivity contribution >= 4 is 0 Å². The van der Waals surface area contributed by atoms with E-state index in [4.69, 9.17) is 15.9 Å². The van der Waals surface area contributed by atoms with Gasteiger partial charge in [0.1, 0.15) is 6.04 Å². The lowest BCUT2D eigenvalue weighted by Gasteiger charge is -2.17. The van der Waals surface area contributed by atoms with Gasteiger partial charge in [-0.2, -0.15) is 13.2 Å². The van der Waals surface area contributed by atoms with E-state index in [9.17, 15) is 13.2 Å². The van der Waals surface area contributed by atoms with Crippen molar-refractivity contribution in [1.82, 2.24) is 0 Å². The van der Waals surface area contributed by atoms with Crippen LogP contribution in [0.1, 0.15) is 11.6 Å². The quantitative estimate of drug-likeness (QED) is 0.613. The third-order valence-electron chi connectivity index (χ3n) is 1.73. The first-order chi connectivity index (χ1) is 6.34. The Bertz CT molecular complexity index is 338. The molecule has 0 bridgehead atoms. The van der Waals surface area contributed by atoms with Crippen LogP contribution in [0.15, 0.2) is 18.2 Å². The van der Waals surface area contributed by atoms with Gasteiger partial charge in [0.05, 0.1) is 0 Å². The van der Waals surface area contributed by atoms with Gasteiger partial charge in [-0.05, 0) is 6.07 Å². The van der Waals surface area contributed by atoms with Crippen LogP contribution in [0.4, 0.5) is 13.2 Å².